The Balaban J connectivity index is 3.68. The van der Waals surface area contributed by atoms with Gasteiger partial charge in [0.05, 0.1) is 16.8 Å². The maximum atomic E-state index is 10.3. The van der Waals surface area contributed by atoms with E-state index in [1.807, 2.05) is 0 Å². The zero-order valence-electron chi connectivity index (χ0n) is 12.4. The number of rotatable bonds is 3. The summed E-state index contributed by atoms with van der Waals surface area (Å²) >= 11 is 2.13. The van der Waals surface area contributed by atoms with E-state index in [0.717, 1.165) is 3.57 Å². The van der Waals surface area contributed by atoms with Crippen molar-refractivity contribution in [3.63, 3.8) is 0 Å². The fourth-order valence-corrected chi connectivity index (χ4v) is 3.50. The predicted octanol–water partition coefficient (Wildman–Crippen LogP) is 2.97. The molecule has 0 radical (unpaired) electrons. The molecule has 0 aliphatic carbocycles. The molecule has 3 N–H and O–H groups in total. The van der Waals surface area contributed by atoms with Gasteiger partial charge in [-0.3, -0.25) is 0 Å². The quantitative estimate of drug-likeness (QED) is 0.709. The molecule has 0 bridgehead atoms. The van der Waals surface area contributed by atoms with Crippen molar-refractivity contribution < 1.29 is 15.3 Å². The molecule has 0 aliphatic heterocycles. The van der Waals surface area contributed by atoms with Gasteiger partial charge in [-0.15, -0.1) is 0 Å². The van der Waals surface area contributed by atoms with E-state index in [1.54, 1.807) is 53.7 Å². The molecule has 1 aromatic rings. The molecule has 0 saturated carbocycles. The minimum Gasteiger partial charge on any atom is -0.386 e. The van der Waals surface area contributed by atoms with Gasteiger partial charge in [0.15, 0.2) is 0 Å². The summed E-state index contributed by atoms with van der Waals surface area (Å²) in [5, 5.41) is 30.8. The molecule has 108 valence electrons. The fourth-order valence-electron chi connectivity index (χ4n) is 1.87. The zero-order chi connectivity index (χ0) is 15.2. The summed E-state index contributed by atoms with van der Waals surface area (Å²) in [7, 11) is 0. The first kappa shape index (κ1) is 16.9. The lowest BCUT2D eigenvalue weighted by Crippen LogP contribution is -2.26. The standard InChI is InChI=1S/C15H23IO3/c1-13(2,17)9-7-10(14(3,4)18)12(16)11(8-9)15(5,6)19/h7-8,17-19H,1-6H3. The van der Waals surface area contributed by atoms with Crippen LogP contribution in [0.4, 0.5) is 0 Å². The van der Waals surface area contributed by atoms with E-state index >= 15 is 0 Å². The average molecular weight is 378 g/mol. The van der Waals surface area contributed by atoms with Gasteiger partial charge in [-0.2, -0.15) is 0 Å². The Morgan fingerprint density at radius 1 is 0.737 bits per heavy atom. The van der Waals surface area contributed by atoms with Gasteiger partial charge in [0, 0.05) is 3.57 Å². The number of hydrogen-bond donors (Lipinski definition) is 3. The summed E-state index contributed by atoms with van der Waals surface area (Å²) in [6.07, 6.45) is 0. The number of halogens is 1. The van der Waals surface area contributed by atoms with Crippen molar-refractivity contribution in [2.24, 2.45) is 0 Å². The molecule has 19 heavy (non-hydrogen) atoms. The third-order valence-corrected chi connectivity index (χ3v) is 4.26. The van der Waals surface area contributed by atoms with Crippen LogP contribution in [0.2, 0.25) is 0 Å². The Kier molecular flexibility index (Phi) is 4.43. The van der Waals surface area contributed by atoms with Crippen LogP contribution in [0.25, 0.3) is 0 Å². The van der Waals surface area contributed by atoms with E-state index in [1.165, 1.54) is 0 Å². The average Bonchev–Trinajstić information content (AvgIpc) is 2.11. The van der Waals surface area contributed by atoms with Crippen LogP contribution in [0.15, 0.2) is 12.1 Å². The van der Waals surface area contributed by atoms with Crippen LogP contribution in [0.3, 0.4) is 0 Å². The van der Waals surface area contributed by atoms with Gasteiger partial charge < -0.3 is 15.3 Å². The van der Waals surface area contributed by atoms with Crippen molar-refractivity contribution in [3.8, 4) is 0 Å². The number of hydrogen-bond acceptors (Lipinski definition) is 3. The normalized spacial score (nSPS) is 13.8. The minimum absolute atomic E-state index is 0.683. The Bertz CT molecular complexity index is 439. The molecule has 0 saturated heterocycles. The van der Waals surface area contributed by atoms with E-state index in [-0.39, 0.29) is 0 Å². The van der Waals surface area contributed by atoms with E-state index in [9.17, 15) is 15.3 Å². The van der Waals surface area contributed by atoms with Crippen LogP contribution >= 0.6 is 22.6 Å². The van der Waals surface area contributed by atoms with E-state index in [0.29, 0.717) is 16.7 Å². The topological polar surface area (TPSA) is 60.7 Å². The molecule has 0 atom stereocenters. The first-order valence-corrected chi connectivity index (χ1v) is 7.34. The molecule has 0 aromatic heterocycles. The highest BCUT2D eigenvalue weighted by Crippen LogP contribution is 2.36. The first-order valence-electron chi connectivity index (χ1n) is 6.26. The molecule has 3 nitrogen and oxygen atoms in total. The number of benzene rings is 1. The van der Waals surface area contributed by atoms with Crippen molar-refractivity contribution >= 4 is 22.6 Å². The second-order valence-corrected chi connectivity index (χ2v) is 7.64. The third kappa shape index (κ3) is 3.90. The number of aliphatic hydroxyl groups is 3. The Morgan fingerprint density at radius 3 is 1.26 bits per heavy atom. The molecule has 0 aliphatic rings. The molecule has 0 heterocycles. The van der Waals surface area contributed by atoms with Crippen molar-refractivity contribution in [2.75, 3.05) is 0 Å². The van der Waals surface area contributed by atoms with Crippen LogP contribution in [0.5, 0.6) is 0 Å². The van der Waals surface area contributed by atoms with Crippen molar-refractivity contribution in [1.29, 1.82) is 0 Å². The molecule has 4 heteroatoms. The summed E-state index contributed by atoms with van der Waals surface area (Å²) in [4.78, 5) is 0. The van der Waals surface area contributed by atoms with Gasteiger partial charge in [-0.25, -0.2) is 0 Å². The van der Waals surface area contributed by atoms with Crippen LogP contribution in [0, 0.1) is 3.57 Å². The molecule has 0 unspecified atom stereocenters. The summed E-state index contributed by atoms with van der Waals surface area (Å²) in [5.74, 6) is 0. The molecule has 0 fully saturated rings. The Labute approximate surface area is 128 Å². The Hall–Kier alpha value is -0.170. The van der Waals surface area contributed by atoms with Gasteiger partial charge in [-0.1, -0.05) is 0 Å². The highest BCUT2D eigenvalue weighted by Gasteiger charge is 2.30. The highest BCUT2D eigenvalue weighted by molar-refractivity contribution is 14.1. The molecule has 1 rings (SSSR count). The fraction of sp³-hybridized carbons (Fsp3) is 0.600. The maximum Gasteiger partial charge on any atom is 0.0850 e. The maximum absolute atomic E-state index is 10.3. The smallest absolute Gasteiger partial charge is 0.0850 e. The molecular formula is C15H23IO3. The lowest BCUT2D eigenvalue weighted by molar-refractivity contribution is 0.0637. The summed E-state index contributed by atoms with van der Waals surface area (Å²) in [6, 6.07) is 3.61. The SMILES string of the molecule is CC(C)(O)c1cc(C(C)(C)O)c(I)c(C(C)(C)O)c1. The van der Waals surface area contributed by atoms with Crippen molar-refractivity contribution in [2.45, 2.75) is 58.3 Å². The van der Waals surface area contributed by atoms with Crippen LogP contribution in [-0.2, 0) is 16.8 Å². The molecule has 1 aromatic carbocycles. The van der Waals surface area contributed by atoms with Crippen LogP contribution in [-0.4, -0.2) is 15.3 Å². The van der Waals surface area contributed by atoms with E-state index < -0.39 is 16.8 Å². The molecule has 0 amide bonds. The van der Waals surface area contributed by atoms with Gasteiger partial charge in [0.1, 0.15) is 0 Å². The molecular weight excluding hydrogens is 355 g/mol. The van der Waals surface area contributed by atoms with Crippen molar-refractivity contribution in [3.05, 3.63) is 32.4 Å². The van der Waals surface area contributed by atoms with Crippen LogP contribution in [0.1, 0.15) is 58.2 Å². The third-order valence-electron chi connectivity index (χ3n) is 3.10. The van der Waals surface area contributed by atoms with Crippen molar-refractivity contribution in [1.82, 2.24) is 0 Å². The summed E-state index contributed by atoms with van der Waals surface area (Å²) in [5.41, 5.74) is -0.975. The lowest BCUT2D eigenvalue weighted by Gasteiger charge is -2.30. The van der Waals surface area contributed by atoms with Gasteiger partial charge >= 0.3 is 0 Å². The van der Waals surface area contributed by atoms with Gasteiger partial charge in [0.2, 0.25) is 0 Å². The largest absolute Gasteiger partial charge is 0.386 e. The zero-order valence-corrected chi connectivity index (χ0v) is 14.5. The lowest BCUT2D eigenvalue weighted by atomic mass is 9.85. The highest BCUT2D eigenvalue weighted by atomic mass is 127. The second kappa shape index (κ2) is 4.98. The summed E-state index contributed by atoms with van der Waals surface area (Å²) in [6.45, 7) is 10.2. The van der Waals surface area contributed by atoms with E-state index in [4.69, 9.17) is 0 Å². The van der Waals surface area contributed by atoms with Crippen LogP contribution < -0.4 is 0 Å². The first-order chi connectivity index (χ1) is 8.24. The Morgan fingerprint density at radius 2 is 1.05 bits per heavy atom. The van der Waals surface area contributed by atoms with Gasteiger partial charge in [-0.05, 0) is 93.0 Å². The summed E-state index contributed by atoms with van der Waals surface area (Å²) < 4.78 is 0.825. The monoisotopic (exact) mass is 378 g/mol. The second-order valence-electron chi connectivity index (χ2n) is 6.56. The minimum atomic E-state index is -1.03. The van der Waals surface area contributed by atoms with E-state index in [2.05, 4.69) is 22.6 Å². The predicted molar refractivity (Wildman–Crippen MR) is 84.9 cm³/mol. The van der Waals surface area contributed by atoms with Gasteiger partial charge in [0.25, 0.3) is 0 Å². The molecule has 0 spiro atoms.